The van der Waals surface area contributed by atoms with Gasteiger partial charge in [0.1, 0.15) is 6.04 Å². The Morgan fingerprint density at radius 2 is 2.00 bits per heavy atom. The van der Waals surface area contributed by atoms with Gasteiger partial charge in [0, 0.05) is 17.5 Å². The van der Waals surface area contributed by atoms with E-state index >= 15 is 0 Å². The van der Waals surface area contributed by atoms with E-state index in [1.54, 1.807) is 18.2 Å². The zero-order chi connectivity index (χ0) is 16.0. The second kappa shape index (κ2) is 7.33. The van der Waals surface area contributed by atoms with Gasteiger partial charge < -0.3 is 21.9 Å². The molecule has 0 heterocycles. The first kappa shape index (κ1) is 16.6. The predicted molar refractivity (Wildman–Crippen MR) is 83.3 cm³/mol. The smallest absolute Gasteiger partial charge is 0.326 e. The van der Waals surface area contributed by atoms with Crippen molar-refractivity contribution in [3.63, 3.8) is 0 Å². The maximum absolute atomic E-state index is 11.8. The second-order valence-electron chi connectivity index (χ2n) is 5.25. The number of hydrogen-bond acceptors (Lipinski definition) is 4. The van der Waals surface area contributed by atoms with Gasteiger partial charge >= 0.3 is 5.97 Å². The van der Waals surface area contributed by atoms with Gasteiger partial charge in [-0.3, -0.25) is 4.79 Å². The van der Waals surface area contributed by atoms with Crippen LogP contribution in [0.1, 0.15) is 25.8 Å². The van der Waals surface area contributed by atoms with Crippen molar-refractivity contribution in [3.05, 3.63) is 29.8 Å². The molecule has 0 radical (unpaired) electrons. The van der Waals surface area contributed by atoms with Crippen molar-refractivity contribution in [2.75, 3.05) is 11.5 Å². The van der Waals surface area contributed by atoms with E-state index in [9.17, 15) is 9.59 Å². The van der Waals surface area contributed by atoms with Gasteiger partial charge in [-0.15, -0.1) is 0 Å². The summed E-state index contributed by atoms with van der Waals surface area (Å²) in [6.45, 7) is 3.79. The molecule has 6 heteroatoms. The molecule has 0 aliphatic carbocycles. The Labute approximate surface area is 123 Å². The Morgan fingerprint density at radius 3 is 2.57 bits per heavy atom. The first-order valence-corrected chi connectivity index (χ1v) is 6.66. The fourth-order valence-electron chi connectivity index (χ4n) is 1.82. The number of amides is 1. The summed E-state index contributed by atoms with van der Waals surface area (Å²) in [5.41, 5.74) is 13.0. The number of carbonyl (C=O) groups is 2. The van der Waals surface area contributed by atoms with Gasteiger partial charge in [-0.1, -0.05) is 13.8 Å². The lowest BCUT2D eigenvalue weighted by Crippen LogP contribution is -2.40. The molecule has 0 unspecified atom stereocenters. The van der Waals surface area contributed by atoms with Crippen LogP contribution in [-0.2, 0) is 9.59 Å². The summed E-state index contributed by atoms with van der Waals surface area (Å²) in [7, 11) is 0. The number of nitrogens with one attached hydrogen (secondary N) is 1. The van der Waals surface area contributed by atoms with Crippen LogP contribution in [0.2, 0.25) is 0 Å². The van der Waals surface area contributed by atoms with Gasteiger partial charge in [-0.2, -0.15) is 0 Å². The summed E-state index contributed by atoms with van der Waals surface area (Å²) in [4.78, 5) is 22.8. The second-order valence-corrected chi connectivity index (χ2v) is 5.25. The molecule has 0 bridgehead atoms. The van der Waals surface area contributed by atoms with E-state index < -0.39 is 17.9 Å². The highest BCUT2D eigenvalue weighted by Crippen LogP contribution is 2.17. The quantitative estimate of drug-likeness (QED) is 0.467. The lowest BCUT2D eigenvalue weighted by Gasteiger charge is -2.15. The maximum atomic E-state index is 11.8. The lowest BCUT2D eigenvalue weighted by molar-refractivity contribution is -0.141. The normalized spacial score (nSPS) is 12.5. The fourth-order valence-corrected chi connectivity index (χ4v) is 1.82. The highest BCUT2D eigenvalue weighted by atomic mass is 16.4. The molecule has 1 amide bonds. The van der Waals surface area contributed by atoms with Gasteiger partial charge in [-0.25, -0.2) is 4.79 Å². The monoisotopic (exact) mass is 291 g/mol. The summed E-state index contributed by atoms with van der Waals surface area (Å²) >= 11 is 0. The zero-order valence-electron chi connectivity index (χ0n) is 12.2. The fraction of sp³-hybridized carbons (Fsp3) is 0.333. The van der Waals surface area contributed by atoms with E-state index in [0.29, 0.717) is 23.4 Å². The molecule has 0 saturated heterocycles. The molecule has 1 atom stereocenters. The van der Waals surface area contributed by atoms with E-state index in [0.717, 1.165) is 0 Å². The number of aliphatic carboxylic acids is 1. The number of rotatable bonds is 6. The molecule has 0 fully saturated rings. The molecule has 6 N–H and O–H groups in total. The molecule has 1 aromatic rings. The third-order valence-electron chi connectivity index (χ3n) is 2.85. The van der Waals surface area contributed by atoms with E-state index in [4.69, 9.17) is 16.6 Å². The van der Waals surface area contributed by atoms with Gasteiger partial charge in [0.2, 0.25) is 5.91 Å². The van der Waals surface area contributed by atoms with Crippen molar-refractivity contribution < 1.29 is 14.7 Å². The minimum atomic E-state index is -1.05. The molecule has 6 nitrogen and oxygen atoms in total. The molecule has 0 aliphatic rings. The average Bonchev–Trinajstić information content (AvgIpc) is 2.38. The Balaban J connectivity index is 2.73. The maximum Gasteiger partial charge on any atom is 0.326 e. The van der Waals surface area contributed by atoms with Crippen LogP contribution in [-0.4, -0.2) is 23.0 Å². The molecule has 0 aliphatic heterocycles. The number of benzene rings is 1. The number of carboxylic acids is 1. The first-order chi connectivity index (χ1) is 9.79. The Hall–Kier alpha value is -2.50. The molecular weight excluding hydrogens is 270 g/mol. The molecule has 0 aromatic heterocycles. The number of anilines is 2. The highest BCUT2D eigenvalue weighted by molar-refractivity contribution is 5.95. The molecule has 1 rings (SSSR count). The van der Waals surface area contributed by atoms with Crippen molar-refractivity contribution in [3.8, 4) is 0 Å². The molecule has 0 saturated carbocycles. The Kier molecular flexibility index (Phi) is 5.78. The van der Waals surface area contributed by atoms with Crippen LogP contribution >= 0.6 is 0 Å². The van der Waals surface area contributed by atoms with Crippen LogP contribution in [0.5, 0.6) is 0 Å². The zero-order valence-corrected chi connectivity index (χ0v) is 12.2. The Bertz CT molecular complexity index is 553. The van der Waals surface area contributed by atoms with Crippen LogP contribution in [0, 0.1) is 5.92 Å². The van der Waals surface area contributed by atoms with E-state index in [2.05, 4.69) is 5.32 Å². The van der Waals surface area contributed by atoms with Crippen LogP contribution in [0.4, 0.5) is 11.4 Å². The first-order valence-electron chi connectivity index (χ1n) is 6.66. The van der Waals surface area contributed by atoms with Crippen LogP contribution in [0.3, 0.4) is 0 Å². The number of nitrogens with two attached hydrogens (primary N) is 2. The minimum Gasteiger partial charge on any atom is -0.480 e. The van der Waals surface area contributed by atoms with Gasteiger partial charge in [-0.05, 0) is 42.2 Å². The summed E-state index contributed by atoms with van der Waals surface area (Å²) < 4.78 is 0. The lowest BCUT2D eigenvalue weighted by atomic mass is 10.0. The van der Waals surface area contributed by atoms with Gasteiger partial charge in [0.05, 0.1) is 0 Å². The Morgan fingerprint density at radius 1 is 1.33 bits per heavy atom. The van der Waals surface area contributed by atoms with E-state index in [-0.39, 0.29) is 5.92 Å². The third-order valence-corrected chi connectivity index (χ3v) is 2.85. The van der Waals surface area contributed by atoms with Crippen LogP contribution in [0.15, 0.2) is 24.3 Å². The largest absolute Gasteiger partial charge is 0.480 e. The predicted octanol–water partition coefficient (Wildman–Crippen LogP) is 1.48. The molecule has 21 heavy (non-hydrogen) atoms. The van der Waals surface area contributed by atoms with E-state index in [1.807, 2.05) is 13.8 Å². The van der Waals surface area contributed by atoms with Crippen molar-refractivity contribution in [2.45, 2.75) is 26.3 Å². The molecule has 114 valence electrons. The van der Waals surface area contributed by atoms with Crippen LogP contribution in [0.25, 0.3) is 6.08 Å². The van der Waals surface area contributed by atoms with E-state index in [1.165, 1.54) is 12.2 Å². The third kappa shape index (κ3) is 5.56. The van der Waals surface area contributed by atoms with Crippen molar-refractivity contribution in [1.29, 1.82) is 0 Å². The van der Waals surface area contributed by atoms with Crippen molar-refractivity contribution >= 4 is 29.3 Å². The standard InChI is InChI=1S/C15H21N3O3/c1-9(2)7-13(15(20)21)18-14(19)6-3-10-8-11(16)4-5-12(10)17/h3-6,8-9,13H,7,16-17H2,1-2H3,(H,18,19)(H,20,21)/t13-/m0/s1. The molecule has 1 aromatic carbocycles. The topological polar surface area (TPSA) is 118 Å². The summed E-state index contributed by atoms with van der Waals surface area (Å²) in [6, 6.07) is 4.05. The van der Waals surface area contributed by atoms with Gasteiger partial charge in [0.25, 0.3) is 0 Å². The number of carbonyl (C=O) groups excluding carboxylic acids is 1. The average molecular weight is 291 g/mol. The number of hydrogen-bond donors (Lipinski definition) is 4. The highest BCUT2D eigenvalue weighted by Gasteiger charge is 2.19. The molecule has 0 spiro atoms. The minimum absolute atomic E-state index is 0.167. The molecular formula is C15H21N3O3. The van der Waals surface area contributed by atoms with Gasteiger partial charge in [0.15, 0.2) is 0 Å². The van der Waals surface area contributed by atoms with Crippen molar-refractivity contribution in [1.82, 2.24) is 5.32 Å². The number of nitrogen functional groups attached to an aromatic ring is 2. The summed E-state index contributed by atoms with van der Waals surface area (Å²) in [6.07, 6.45) is 3.13. The summed E-state index contributed by atoms with van der Waals surface area (Å²) in [5, 5.41) is 11.5. The number of carboxylic acid groups (broad SMARTS) is 1. The van der Waals surface area contributed by atoms with Crippen LogP contribution < -0.4 is 16.8 Å². The van der Waals surface area contributed by atoms with Crippen molar-refractivity contribution in [2.24, 2.45) is 5.92 Å². The summed E-state index contributed by atoms with van der Waals surface area (Å²) in [5.74, 6) is -1.36. The SMILES string of the molecule is CC(C)C[C@H](NC(=O)C=Cc1cc(N)ccc1N)C(=O)O.